The quantitative estimate of drug-likeness (QED) is 0.620. The Balaban J connectivity index is 2.33. The van der Waals surface area contributed by atoms with Crippen LogP contribution < -0.4 is 11.2 Å². The summed E-state index contributed by atoms with van der Waals surface area (Å²) in [6.07, 6.45) is -0.0822. The fourth-order valence-corrected chi connectivity index (χ4v) is 2.50. The van der Waals surface area contributed by atoms with Gasteiger partial charge in [0.05, 0.1) is 12.7 Å². The smallest absolute Gasteiger partial charge is 0.330 e. The number of nitrogens with one attached hydrogen (secondary N) is 1. The second-order valence-electron chi connectivity index (χ2n) is 4.37. The van der Waals surface area contributed by atoms with Gasteiger partial charge in [0.15, 0.2) is 0 Å². The first kappa shape index (κ1) is 14.4. The molecule has 1 aliphatic rings. The minimum atomic E-state index is -0.826. The van der Waals surface area contributed by atoms with Crippen LogP contribution in [0.3, 0.4) is 0 Å². The first-order chi connectivity index (χ1) is 9.06. The Hall–Kier alpha value is -0.960. The Morgan fingerprint density at radius 2 is 2.26 bits per heavy atom. The lowest BCUT2D eigenvalue weighted by molar-refractivity contribution is -0.0459. The van der Waals surface area contributed by atoms with Gasteiger partial charge in [-0.2, -0.15) is 0 Å². The molecule has 2 rings (SSSR count). The SMILES string of the molecule is O=c1[nH]c(=O)n([C@@H]2C[C@@H](O)[C@H](CO)O2)cc1CCBr. The minimum absolute atomic E-state index is 0.199. The zero-order chi connectivity index (χ0) is 14.0. The van der Waals surface area contributed by atoms with Crippen LogP contribution in [0.2, 0.25) is 0 Å². The molecule has 19 heavy (non-hydrogen) atoms. The van der Waals surface area contributed by atoms with E-state index in [-0.39, 0.29) is 13.0 Å². The molecule has 7 nitrogen and oxygen atoms in total. The Morgan fingerprint density at radius 3 is 2.84 bits per heavy atom. The highest BCUT2D eigenvalue weighted by Crippen LogP contribution is 2.27. The molecule has 0 amide bonds. The number of halogens is 1. The number of aliphatic hydroxyl groups excluding tert-OH is 2. The summed E-state index contributed by atoms with van der Waals surface area (Å²) < 4.78 is 6.64. The fraction of sp³-hybridized carbons (Fsp3) is 0.636. The van der Waals surface area contributed by atoms with Gasteiger partial charge in [-0.3, -0.25) is 14.3 Å². The molecule has 3 N–H and O–H groups in total. The molecule has 0 saturated carbocycles. The van der Waals surface area contributed by atoms with Crippen molar-refractivity contribution in [1.82, 2.24) is 9.55 Å². The molecule has 0 bridgehead atoms. The number of hydrogen-bond acceptors (Lipinski definition) is 5. The summed E-state index contributed by atoms with van der Waals surface area (Å²) in [5, 5.41) is 19.3. The van der Waals surface area contributed by atoms with E-state index in [1.54, 1.807) is 0 Å². The lowest BCUT2D eigenvalue weighted by Gasteiger charge is -2.15. The van der Waals surface area contributed by atoms with E-state index in [0.717, 1.165) is 0 Å². The highest BCUT2D eigenvalue weighted by molar-refractivity contribution is 9.09. The van der Waals surface area contributed by atoms with Gasteiger partial charge in [0, 0.05) is 23.5 Å². The van der Waals surface area contributed by atoms with Crippen LogP contribution in [0.1, 0.15) is 18.2 Å². The standard InChI is InChI=1S/C11H15BrN2O5/c12-2-1-6-4-14(11(18)13-10(6)17)9-3-7(16)8(5-15)19-9/h4,7-9,15-16H,1-3,5H2,(H,13,17,18)/t7-,8+,9+/m1/s1. The maximum Gasteiger partial charge on any atom is 0.330 e. The molecule has 1 aromatic rings. The van der Waals surface area contributed by atoms with E-state index in [1.165, 1.54) is 10.8 Å². The number of aromatic amines is 1. The van der Waals surface area contributed by atoms with Crippen LogP contribution in [0, 0.1) is 0 Å². The highest BCUT2D eigenvalue weighted by Gasteiger charge is 2.35. The maximum absolute atomic E-state index is 11.8. The molecule has 0 aromatic carbocycles. The largest absolute Gasteiger partial charge is 0.394 e. The molecule has 106 valence electrons. The summed E-state index contributed by atoms with van der Waals surface area (Å²) in [6, 6.07) is 0. The van der Waals surface area contributed by atoms with Crippen molar-refractivity contribution < 1.29 is 14.9 Å². The first-order valence-electron chi connectivity index (χ1n) is 5.91. The number of rotatable bonds is 4. The predicted molar refractivity (Wildman–Crippen MR) is 70.4 cm³/mol. The van der Waals surface area contributed by atoms with Crippen LogP contribution in [-0.4, -0.2) is 43.9 Å². The van der Waals surface area contributed by atoms with Crippen molar-refractivity contribution in [2.45, 2.75) is 31.3 Å². The second kappa shape index (κ2) is 6.00. The van der Waals surface area contributed by atoms with Crippen molar-refractivity contribution in [3.8, 4) is 0 Å². The fourth-order valence-electron chi connectivity index (χ4n) is 2.07. The van der Waals surface area contributed by atoms with E-state index in [9.17, 15) is 14.7 Å². The summed E-state index contributed by atoms with van der Waals surface area (Å²) in [5.41, 5.74) is -0.543. The van der Waals surface area contributed by atoms with E-state index in [2.05, 4.69) is 20.9 Å². The molecule has 1 aliphatic heterocycles. The van der Waals surface area contributed by atoms with Gasteiger partial charge >= 0.3 is 5.69 Å². The summed E-state index contributed by atoms with van der Waals surface area (Å²) in [4.78, 5) is 25.5. The van der Waals surface area contributed by atoms with Gasteiger partial charge < -0.3 is 14.9 Å². The van der Waals surface area contributed by atoms with Crippen LogP contribution in [-0.2, 0) is 11.2 Å². The Kier molecular flexibility index (Phi) is 4.56. The average Bonchev–Trinajstić information content (AvgIpc) is 2.74. The third-order valence-electron chi connectivity index (χ3n) is 3.10. The van der Waals surface area contributed by atoms with Crippen molar-refractivity contribution in [2.24, 2.45) is 0 Å². The number of alkyl halides is 1. The Bertz CT molecular complexity index is 555. The zero-order valence-corrected chi connectivity index (χ0v) is 11.7. The predicted octanol–water partition coefficient (Wildman–Crippen LogP) is -0.885. The normalized spacial score (nSPS) is 26.8. The van der Waals surface area contributed by atoms with Crippen LogP contribution >= 0.6 is 15.9 Å². The van der Waals surface area contributed by atoms with Crippen molar-refractivity contribution in [1.29, 1.82) is 0 Å². The van der Waals surface area contributed by atoms with E-state index >= 15 is 0 Å². The molecule has 1 aromatic heterocycles. The summed E-state index contributed by atoms with van der Waals surface area (Å²) in [5.74, 6) is 0. The summed E-state index contributed by atoms with van der Waals surface area (Å²) in [6.45, 7) is -0.315. The number of ether oxygens (including phenoxy) is 1. The van der Waals surface area contributed by atoms with Crippen LogP contribution in [0.25, 0.3) is 0 Å². The van der Waals surface area contributed by atoms with E-state index < -0.39 is 29.7 Å². The zero-order valence-electron chi connectivity index (χ0n) is 10.1. The van der Waals surface area contributed by atoms with E-state index in [1.807, 2.05) is 0 Å². The van der Waals surface area contributed by atoms with Crippen LogP contribution in [0.4, 0.5) is 0 Å². The van der Waals surface area contributed by atoms with Gasteiger partial charge in [-0.25, -0.2) is 4.79 Å². The lowest BCUT2D eigenvalue weighted by atomic mass is 10.2. The molecule has 0 spiro atoms. The third-order valence-corrected chi connectivity index (χ3v) is 3.50. The molecule has 8 heteroatoms. The molecule has 0 aliphatic carbocycles. The Labute approximate surface area is 117 Å². The number of nitrogens with zero attached hydrogens (tertiary/aromatic N) is 1. The molecule has 0 unspecified atom stereocenters. The van der Waals surface area contributed by atoms with Gasteiger partial charge in [-0.05, 0) is 6.42 Å². The summed E-state index contributed by atoms with van der Waals surface area (Å²) >= 11 is 3.23. The average molecular weight is 335 g/mol. The third kappa shape index (κ3) is 2.97. The Morgan fingerprint density at radius 1 is 1.53 bits per heavy atom. The van der Waals surface area contributed by atoms with Crippen molar-refractivity contribution >= 4 is 15.9 Å². The minimum Gasteiger partial charge on any atom is -0.394 e. The lowest BCUT2D eigenvalue weighted by Crippen LogP contribution is -2.34. The topological polar surface area (TPSA) is 105 Å². The second-order valence-corrected chi connectivity index (χ2v) is 5.17. The van der Waals surface area contributed by atoms with Crippen molar-refractivity contribution in [3.05, 3.63) is 32.6 Å². The van der Waals surface area contributed by atoms with E-state index in [0.29, 0.717) is 17.3 Å². The van der Waals surface area contributed by atoms with Gasteiger partial charge in [-0.1, -0.05) is 15.9 Å². The first-order valence-corrected chi connectivity index (χ1v) is 7.03. The van der Waals surface area contributed by atoms with Crippen molar-refractivity contribution in [2.75, 3.05) is 11.9 Å². The van der Waals surface area contributed by atoms with Gasteiger partial charge in [-0.15, -0.1) is 0 Å². The number of hydrogen-bond donors (Lipinski definition) is 3. The highest BCUT2D eigenvalue weighted by atomic mass is 79.9. The molecule has 3 atom stereocenters. The van der Waals surface area contributed by atoms with Gasteiger partial charge in [0.2, 0.25) is 0 Å². The summed E-state index contributed by atoms with van der Waals surface area (Å²) in [7, 11) is 0. The molecule has 1 saturated heterocycles. The number of aliphatic hydroxyl groups is 2. The number of aryl methyl sites for hydroxylation is 1. The van der Waals surface area contributed by atoms with Crippen molar-refractivity contribution in [3.63, 3.8) is 0 Å². The molecular formula is C11H15BrN2O5. The molecule has 1 fully saturated rings. The molecule has 2 heterocycles. The van der Waals surface area contributed by atoms with Crippen LogP contribution in [0.5, 0.6) is 0 Å². The number of aromatic nitrogens is 2. The monoisotopic (exact) mass is 334 g/mol. The van der Waals surface area contributed by atoms with Gasteiger partial charge in [0.25, 0.3) is 5.56 Å². The van der Waals surface area contributed by atoms with E-state index in [4.69, 9.17) is 9.84 Å². The van der Waals surface area contributed by atoms with Crippen LogP contribution in [0.15, 0.2) is 15.8 Å². The number of H-pyrrole nitrogens is 1. The van der Waals surface area contributed by atoms with Gasteiger partial charge in [0.1, 0.15) is 12.3 Å². The molecule has 0 radical (unpaired) electrons. The maximum atomic E-state index is 11.8. The molecular weight excluding hydrogens is 320 g/mol.